The van der Waals surface area contributed by atoms with Crippen LogP contribution in [0.4, 0.5) is 0 Å². The van der Waals surface area contributed by atoms with Crippen LogP contribution in [-0.4, -0.2) is 32.0 Å². The smallest absolute Gasteiger partial charge is 0.304 e. The molecule has 0 aromatic carbocycles. The normalized spacial score (nSPS) is 10.9. The Morgan fingerprint density at radius 1 is 1.47 bits per heavy atom. The van der Waals surface area contributed by atoms with Crippen molar-refractivity contribution in [3.05, 3.63) is 28.9 Å². The lowest BCUT2D eigenvalue weighted by molar-refractivity contribution is -0.136. The maximum absolute atomic E-state index is 10.3. The van der Waals surface area contributed by atoms with Crippen molar-refractivity contribution in [1.82, 2.24) is 19.7 Å². The third-order valence-corrected chi connectivity index (χ3v) is 2.67. The van der Waals surface area contributed by atoms with Crippen LogP contribution in [0.15, 0.2) is 23.2 Å². The fourth-order valence-electron chi connectivity index (χ4n) is 1.46. The zero-order valence-corrected chi connectivity index (χ0v) is 10.5. The molecule has 0 radical (unpaired) electrons. The fourth-order valence-corrected chi connectivity index (χ4v) is 1.77. The number of carbonyl (C=O) groups is 1. The Morgan fingerprint density at radius 3 is 3.06 bits per heavy atom. The van der Waals surface area contributed by atoms with Gasteiger partial charge in [0.15, 0.2) is 5.65 Å². The summed E-state index contributed by atoms with van der Waals surface area (Å²) in [5.74, 6) is -0.803. The molecule has 17 heavy (non-hydrogen) atoms. The minimum Gasteiger partial charge on any atom is -0.481 e. The molecule has 0 saturated heterocycles. The summed E-state index contributed by atoms with van der Waals surface area (Å²) in [7, 11) is 0. The van der Waals surface area contributed by atoms with Crippen LogP contribution in [0.5, 0.6) is 0 Å². The molecule has 0 aliphatic carbocycles. The second-order valence-electron chi connectivity index (χ2n) is 3.51. The number of halogens is 1. The minimum atomic E-state index is -0.803. The predicted molar refractivity (Wildman–Crippen MR) is 64.6 cm³/mol. The lowest BCUT2D eigenvalue weighted by Gasteiger charge is -2.03. The maximum Gasteiger partial charge on any atom is 0.304 e. The van der Waals surface area contributed by atoms with Crippen molar-refractivity contribution in [1.29, 1.82) is 0 Å². The van der Waals surface area contributed by atoms with E-state index < -0.39 is 5.97 Å². The van der Waals surface area contributed by atoms with Crippen LogP contribution in [0.1, 0.15) is 12.1 Å². The van der Waals surface area contributed by atoms with Gasteiger partial charge in [0.25, 0.3) is 0 Å². The molecule has 0 amide bonds. The van der Waals surface area contributed by atoms with Crippen molar-refractivity contribution in [2.45, 2.75) is 13.0 Å². The van der Waals surface area contributed by atoms with Crippen LogP contribution in [0.2, 0.25) is 0 Å². The standard InChI is InChI=1S/C10H11BrN4O2/c11-8-6-15-7(3-12-2-1-10(16)17)4-14-9(15)5-13-8/h4-6,12H,1-3H2,(H,16,17). The molecule has 2 aromatic rings. The summed E-state index contributed by atoms with van der Waals surface area (Å²) < 4.78 is 2.64. The summed E-state index contributed by atoms with van der Waals surface area (Å²) in [5.41, 5.74) is 1.73. The molecule has 0 fully saturated rings. The first-order valence-corrected chi connectivity index (χ1v) is 5.86. The monoisotopic (exact) mass is 298 g/mol. The van der Waals surface area contributed by atoms with Crippen LogP contribution >= 0.6 is 15.9 Å². The quantitative estimate of drug-likeness (QED) is 0.807. The summed E-state index contributed by atoms with van der Waals surface area (Å²) in [4.78, 5) is 18.6. The van der Waals surface area contributed by atoms with Gasteiger partial charge in [0.2, 0.25) is 0 Å². The van der Waals surface area contributed by atoms with E-state index in [2.05, 4.69) is 31.2 Å². The van der Waals surface area contributed by atoms with Gasteiger partial charge in [-0.15, -0.1) is 0 Å². The summed E-state index contributed by atoms with van der Waals surface area (Å²) in [6.45, 7) is 1.01. The summed E-state index contributed by atoms with van der Waals surface area (Å²) in [5, 5.41) is 11.6. The SMILES string of the molecule is O=C(O)CCNCc1cnc2cnc(Br)cn12. The van der Waals surface area contributed by atoms with E-state index in [-0.39, 0.29) is 6.42 Å². The Morgan fingerprint density at radius 2 is 2.29 bits per heavy atom. The number of nitrogens with one attached hydrogen (secondary N) is 1. The summed E-state index contributed by atoms with van der Waals surface area (Å²) in [6.07, 6.45) is 5.36. The van der Waals surface area contributed by atoms with E-state index in [4.69, 9.17) is 5.11 Å². The van der Waals surface area contributed by atoms with Gasteiger partial charge < -0.3 is 10.4 Å². The van der Waals surface area contributed by atoms with Gasteiger partial charge in [-0.25, -0.2) is 9.97 Å². The van der Waals surface area contributed by atoms with Gasteiger partial charge in [-0.3, -0.25) is 9.20 Å². The molecule has 0 unspecified atom stereocenters. The highest BCUT2D eigenvalue weighted by Gasteiger charge is 2.04. The zero-order chi connectivity index (χ0) is 12.3. The number of imidazole rings is 1. The second kappa shape index (κ2) is 5.24. The van der Waals surface area contributed by atoms with Gasteiger partial charge in [-0.05, 0) is 15.9 Å². The van der Waals surface area contributed by atoms with Crippen LogP contribution in [0.3, 0.4) is 0 Å². The summed E-state index contributed by atoms with van der Waals surface area (Å²) in [6, 6.07) is 0. The highest BCUT2D eigenvalue weighted by molar-refractivity contribution is 9.10. The molecule has 0 bridgehead atoms. The van der Waals surface area contributed by atoms with Crippen molar-refractivity contribution in [3.8, 4) is 0 Å². The Kier molecular flexibility index (Phi) is 3.70. The van der Waals surface area contributed by atoms with Gasteiger partial charge >= 0.3 is 5.97 Å². The largest absolute Gasteiger partial charge is 0.481 e. The first-order chi connectivity index (χ1) is 8.16. The molecule has 2 aromatic heterocycles. The van der Waals surface area contributed by atoms with Crippen LogP contribution in [0.25, 0.3) is 5.65 Å². The zero-order valence-electron chi connectivity index (χ0n) is 8.93. The molecular weight excluding hydrogens is 288 g/mol. The Labute approximate surface area is 106 Å². The van der Waals surface area contributed by atoms with Gasteiger partial charge in [-0.2, -0.15) is 0 Å². The van der Waals surface area contributed by atoms with Gasteiger partial charge in [0, 0.05) is 19.3 Å². The highest BCUT2D eigenvalue weighted by Crippen LogP contribution is 2.10. The van der Waals surface area contributed by atoms with Gasteiger partial charge in [0.1, 0.15) is 4.60 Å². The lowest BCUT2D eigenvalue weighted by Crippen LogP contribution is -2.18. The van der Waals surface area contributed by atoms with Crippen LogP contribution in [0, 0.1) is 0 Å². The topological polar surface area (TPSA) is 79.5 Å². The molecule has 0 aliphatic heterocycles. The second-order valence-corrected chi connectivity index (χ2v) is 4.32. The first kappa shape index (κ1) is 12.0. The molecule has 0 atom stereocenters. The molecule has 6 nitrogen and oxygen atoms in total. The van der Waals surface area contributed by atoms with E-state index in [0.717, 1.165) is 15.9 Å². The molecule has 2 N–H and O–H groups in total. The molecule has 90 valence electrons. The summed E-state index contributed by atoms with van der Waals surface area (Å²) >= 11 is 3.29. The Balaban J connectivity index is 2.03. The lowest BCUT2D eigenvalue weighted by atomic mass is 10.4. The van der Waals surface area contributed by atoms with Crippen LogP contribution in [-0.2, 0) is 11.3 Å². The Bertz CT molecular complexity index is 540. The number of aromatic nitrogens is 3. The van der Waals surface area contributed by atoms with Crippen molar-refractivity contribution >= 4 is 27.5 Å². The molecule has 2 rings (SSSR count). The number of nitrogens with zero attached hydrogens (tertiary/aromatic N) is 3. The number of hydrogen-bond acceptors (Lipinski definition) is 4. The third-order valence-electron chi connectivity index (χ3n) is 2.26. The van der Waals surface area contributed by atoms with E-state index in [1.165, 1.54) is 0 Å². The van der Waals surface area contributed by atoms with Crippen molar-refractivity contribution in [2.24, 2.45) is 0 Å². The Hall–Kier alpha value is -1.47. The average molecular weight is 299 g/mol. The third kappa shape index (κ3) is 3.01. The van der Waals surface area contributed by atoms with E-state index in [1.54, 1.807) is 12.4 Å². The van der Waals surface area contributed by atoms with Crippen molar-refractivity contribution < 1.29 is 9.90 Å². The van der Waals surface area contributed by atoms with Crippen LogP contribution < -0.4 is 5.32 Å². The number of fused-ring (bicyclic) bond motifs is 1. The molecule has 2 heterocycles. The molecule has 7 heteroatoms. The molecule has 0 saturated carbocycles. The molecule has 0 aliphatic rings. The maximum atomic E-state index is 10.3. The van der Waals surface area contributed by atoms with E-state index in [0.29, 0.717) is 13.1 Å². The van der Waals surface area contributed by atoms with E-state index in [1.807, 2.05) is 10.6 Å². The predicted octanol–water partition coefficient (Wildman–Crippen LogP) is 1.06. The number of aliphatic carboxylic acids is 1. The van der Waals surface area contributed by atoms with Crippen molar-refractivity contribution in [3.63, 3.8) is 0 Å². The number of carboxylic acid groups (broad SMARTS) is 1. The van der Waals surface area contributed by atoms with E-state index >= 15 is 0 Å². The minimum absolute atomic E-state index is 0.113. The molecule has 0 spiro atoms. The number of hydrogen-bond donors (Lipinski definition) is 2. The number of rotatable bonds is 5. The fraction of sp³-hybridized carbons (Fsp3) is 0.300. The average Bonchev–Trinajstić information content (AvgIpc) is 2.67. The van der Waals surface area contributed by atoms with Gasteiger partial charge in [-0.1, -0.05) is 0 Å². The first-order valence-electron chi connectivity index (χ1n) is 5.07. The number of carboxylic acids is 1. The van der Waals surface area contributed by atoms with Crippen molar-refractivity contribution in [2.75, 3.05) is 6.54 Å². The molecular formula is C10H11BrN4O2. The van der Waals surface area contributed by atoms with E-state index in [9.17, 15) is 4.79 Å². The highest BCUT2D eigenvalue weighted by atomic mass is 79.9. The van der Waals surface area contributed by atoms with Gasteiger partial charge in [0.05, 0.1) is 24.5 Å².